The molecule has 0 aliphatic rings. The van der Waals surface area contributed by atoms with Gasteiger partial charge in [-0.3, -0.25) is 0 Å². The Morgan fingerprint density at radius 3 is 1.16 bits per heavy atom. The van der Waals surface area contributed by atoms with Crippen molar-refractivity contribution >= 4 is 0 Å². The van der Waals surface area contributed by atoms with Crippen molar-refractivity contribution in [2.75, 3.05) is 0 Å². The van der Waals surface area contributed by atoms with Gasteiger partial charge in [0.2, 0.25) is 0 Å². The molecule has 0 aromatic rings. The zero-order chi connectivity index (χ0) is 15.5. The summed E-state index contributed by atoms with van der Waals surface area (Å²) in [6.07, 6.45) is 6.83. The normalized spacial score (nSPS) is 14.8. The van der Waals surface area contributed by atoms with E-state index in [1.165, 1.54) is 32.1 Å². The fourth-order valence-corrected chi connectivity index (χ4v) is 5.32. The monoisotopic (exact) mass is 268 g/mol. The summed E-state index contributed by atoms with van der Waals surface area (Å²) in [4.78, 5) is 0. The molecule has 0 N–H and O–H groups in total. The van der Waals surface area contributed by atoms with E-state index in [-0.39, 0.29) is 0 Å². The summed E-state index contributed by atoms with van der Waals surface area (Å²) in [6.45, 7) is 24.3. The molecular formula is C19H40. The third-order valence-electron chi connectivity index (χ3n) is 5.25. The Kier molecular flexibility index (Phi) is 6.19. The molecule has 0 aromatic carbocycles. The van der Waals surface area contributed by atoms with Crippen LogP contribution in [-0.2, 0) is 0 Å². The highest BCUT2D eigenvalue weighted by atomic mass is 14.6. The largest absolute Gasteiger partial charge is 0.0654 e. The second-order valence-corrected chi connectivity index (χ2v) is 9.47. The molecule has 0 fully saturated rings. The first-order valence-corrected chi connectivity index (χ1v) is 8.31. The maximum atomic E-state index is 2.45. The molecule has 0 amide bonds. The van der Waals surface area contributed by atoms with E-state index in [0.717, 1.165) is 0 Å². The van der Waals surface area contributed by atoms with E-state index in [2.05, 4.69) is 69.2 Å². The Morgan fingerprint density at radius 1 is 0.526 bits per heavy atom. The lowest BCUT2D eigenvalue weighted by atomic mass is 9.43. The van der Waals surface area contributed by atoms with Crippen LogP contribution in [0, 0.1) is 21.7 Å². The van der Waals surface area contributed by atoms with Crippen LogP contribution in [-0.4, -0.2) is 0 Å². The van der Waals surface area contributed by atoms with E-state index in [4.69, 9.17) is 0 Å². The molecule has 0 saturated heterocycles. The van der Waals surface area contributed by atoms with Crippen LogP contribution in [0.15, 0.2) is 0 Å². The lowest BCUT2D eigenvalue weighted by molar-refractivity contribution is -0.129. The van der Waals surface area contributed by atoms with Crippen molar-refractivity contribution in [3.8, 4) is 0 Å². The Hall–Kier alpha value is 0. The molecule has 0 aromatic heterocycles. The van der Waals surface area contributed by atoms with E-state index in [1.54, 1.807) is 0 Å². The SMILES string of the molecule is CCCCCCC(C(C)(C)C)(C(C)(C)C)C(C)(C)C. The predicted molar refractivity (Wildman–Crippen MR) is 89.6 cm³/mol. The van der Waals surface area contributed by atoms with Crippen molar-refractivity contribution in [3.63, 3.8) is 0 Å². The van der Waals surface area contributed by atoms with E-state index in [1.807, 2.05) is 0 Å². The van der Waals surface area contributed by atoms with Crippen LogP contribution >= 0.6 is 0 Å². The molecule has 0 rings (SSSR count). The minimum Gasteiger partial charge on any atom is -0.0654 e. The molecule has 0 radical (unpaired) electrons. The lowest BCUT2D eigenvalue weighted by Crippen LogP contribution is -2.54. The minimum atomic E-state index is 0.329. The smallest absolute Gasteiger partial charge is 0.0152 e. The fraction of sp³-hybridized carbons (Fsp3) is 1.00. The maximum absolute atomic E-state index is 2.45. The van der Waals surface area contributed by atoms with Crippen molar-refractivity contribution in [1.29, 1.82) is 0 Å². The van der Waals surface area contributed by atoms with Crippen molar-refractivity contribution < 1.29 is 0 Å². The quantitative estimate of drug-likeness (QED) is 0.467. The van der Waals surface area contributed by atoms with Crippen LogP contribution in [0.25, 0.3) is 0 Å². The summed E-state index contributed by atoms with van der Waals surface area (Å²) >= 11 is 0. The maximum Gasteiger partial charge on any atom is -0.0152 e. The standard InChI is InChI=1S/C19H40/c1-11-12-13-14-15-19(16(2,3)4,17(5,6)7)18(8,9)10/h11-15H2,1-10H3. The van der Waals surface area contributed by atoms with Gasteiger partial charge in [-0.2, -0.15) is 0 Å². The highest BCUT2D eigenvalue weighted by Gasteiger charge is 2.56. The summed E-state index contributed by atoms with van der Waals surface area (Å²) in [7, 11) is 0. The topological polar surface area (TPSA) is 0 Å². The highest BCUT2D eigenvalue weighted by molar-refractivity contribution is 5.05. The fourth-order valence-electron chi connectivity index (χ4n) is 5.32. The van der Waals surface area contributed by atoms with Gasteiger partial charge in [-0.1, -0.05) is 94.9 Å². The lowest BCUT2D eigenvalue weighted by Gasteiger charge is -2.62. The molecule has 0 bridgehead atoms. The molecule has 19 heavy (non-hydrogen) atoms. The molecule has 0 aliphatic carbocycles. The summed E-state index contributed by atoms with van der Waals surface area (Å²) in [5.41, 5.74) is 1.35. The molecule has 0 spiro atoms. The van der Waals surface area contributed by atoms with E-state index < -0.39 is 0 Å². The molecule has 0 heterocycles. The Morgan fingerprint density at radius 2 is 0.895 bits per heavy atom. The summed E-state index contributed by atoms with van der Waals surface area (Å²) in [5, 5.41) is 0. The average molecular weight is 269 g/mol. The Labute approximate surface area is 123 Å². The van der Waals surface area contributed by atoms with E-state index in [9.17, 15) is 0 Å². The first-order valence-electron chi connectivity index (χ1n) is 8.31. The molecule has 0 heteroatoms. The molecule has 0 unspecified atom stereocenters. The third-order valence-corrected chi connectivity index (χ3v) is 5.25. The van der Waals surface area contributed by atoms with Crippen LogP contribution in [0.4, 0.5) is 0 Å². The number of unbranched alkanes of at least 4 members (excludes halogenated alkanes) is 3. The van der Waals surface area contributed by atoms with Gasteiger partial charge in [0.25, 0.3) is 0 Å². The minimum absolute atomic E-state index is 0.329. The first-order chi connectivity index (χ1) is 8.31. The van der Waals surface area contributed by atoms with Crippen LogP contribution in [0.1, 0.15) is 101 Å². The predicted octanol–water partition coefficient (Wildman–Crippen LogP) is 7.08. The Balaban J connectivity index is 5.44. The van der Waals surface area contributed by atoms with Crippen molar-refractivity contribution in [2.24, 2.45) is 21.7 Å². The van der Waals surface area contributed by atoms with Gasteiger partial charge in [-0.15, -0.1) is 0 Å². The van der Waals surface area contributed by atoms with Crippen LogP contribution in [0.2, 0.25) is 0 Å². The van der Waals surface area contributed by atoms with Gasteiger partial charge in [-0.05, 0) is 28.1 Å². The van der Waals surface area contributed by atoms with Gasteiger partial charge in [0.1, 0.15) is 0 Å². The van der Waals surface area contributed by atoms with Crippen molar-refractivity contribution in [3.05, 3.63) is 0 Å². The van der Waals surface area contributed by atoms with Crippen molar-refractivity contribution in [1.82, 2.24) is 0 Å². The van der Waals surface area contributed by atoms with E-state index >= 15 is 0 Å². The summed E-state index contributed by atoms with van der Waals surface area (Å²) < 4.78 is 0. The molecule has 0 atom stereocenters. The second kappa shape index (κ2) is 6.19. The average Bonchev–Trinajstić information content (AvgIpc) is 2.10. The van der Waals surface area contributed by atoms with Gasteiger partial charge in [0, 0.05) is 0 Å². The van der Waals surface area contributed by atoms with Gasteiger partial charge >= 0.3 is 0 Å². The van der Waals surface area contributed by atoms with Gasteiger partial charge in [-0.25, -0.2) is 0 Å². The van der Waals surface area contributed by atoms with Crippen LogP contribution < -0.4 is 0 Å². The second-order valence-electron chi connectivity index (χ2n) is 9.47. The molecule has 0 nitrogen and oxygen atoms in total. The van der Waals surface area contributed by atoms with Gasteiger partial charge in [0.05, 0.1) is 0 Å². The van der Waals surface area contributed by atoms with E-state index in [0.29, 0.717) is 21.7 Å². The number of hydrogen-bond acceptors (Lipinski definition) is 0. The van der Waals surface area contributed by atoms with Gasteiger partial charge < -0.3 is 0 Å². The Bertz CT molecular complexity index is 215. The zero-order valence-electron chi connectivity index (χ0n) is 15.5. The van der Waals surface area contributed by atoms with Crippen molar-refractivity contribution in [2.45, 2.75) is 101 Å². The molecular weight excluding hydrogens is 228 g/mol. The van der Waals surface area contributed by atoms with Gasteiger partial charge in [0.15, 0.2) is 0 Å². The molecule has 116 valence electrons. The summed E-state index contributed by atoms with van der Waals surface area (Å²) in [5.74, 6) is 0. The number of rotatable bonds is 5. The molecule has 0 aliphatic heterocycles. The number of hydrogen-bond donors (Lipinski definition) is 0. The third kappa shape index (κ3) is 3.99. The van der Waals surface area contributed by atoms with Crippen LogP contribution in [0.5, 0.6) is 0 Å². The summed E-state index contributed by atoms with van der Waals surface area (Å²) in [6, 6.07) is 0. The highest BCUT2D eigenvalue weighted by Crippen LogP contribution is 2.63. The zero-order valence-corrected chi connectivity index (χ0v) is 15.5. The van der Waals surface area contributed by atoms with Crippen LogP contribution in [0.3, 0.4) is 0 Å². The molecule has 0 saturated carbocycles. The first kappa shape index (κ1) is 19.0.